The number of rotatable bonds is 6. The number of ether oxygens (including phenoxy) is 2. The summed E-state index contributed by atoms with van der Waals surface area (Å²) in [6.45, 7) is 0. The molecule has 0 bridgehead atoms. The number of fused-ring (bicyclic) bond motifs is 2. The second-order valence-electron chi connectivity index (χ2n) is 10.1. The van der Waals surface area contributed by atoms with E-state index >= 15 is 0 Å². The van der Waals surface area contributed by atoms with Crippen molar-refractivity contribution in [1.29, 1.82) is 0 Å². The summed E-state index contributed by atoms with van der Waals surface area (Å²) in [7, 11) is 1.54. The first-order valence-corrected chi connectivity index (χ1v) is 13.6. The summed E-state index contributed by atoms with van der Waals surface area (Å²) < 4.78 is 64.1. The molecule has 0 saturated heterocycles. The lowest BCUT2D eigenvalue weighted by atomic mass is 9.96. The van der Waals surface area contributed by atoms with Gasteiger partial charge in [-0.05, 0) is 73.5 Å². The standard InChI is InChI=1S/C31H27F4N5O2/c1-41-30-23(8-5-15-36-30)38-24-17-27-29(18-25(24)37-20-6-3-2-4-7-20)40(28-14-9-19(32)16-26(28)39-27)21-10-12-22(13-11-21)42-31(33,34)35/h5,8-18,20,38H,2-4,6-7H2,1H3/b37-25+. The van der Waals surface area contributed by atoms with Crippen LogP contribution >= 0.6 is 0 Å². The molecule has 7 nitrogen and oxygen atoms in total. The van der Waals surface area contributed by atoms with Gasteiger partial charge in [0.2, 0.25) is 5.88 Å². The van der Waals surface area contributed by atoms with Gasteiger partial charge < -0.3 is 19.4 Å². The molecule has 1 fully saturated rings. The van der Waals surface area contributed by atoms with Crippen molar-refractivity contribution in [2.75, 3.05) is 12.4 Å². The highest BCUT2D eigenvalue weighted by molar-refractivity contribution is 5.84. The lowest BCUT2D eigenvalue weighted by Crippen LogP contribution is -2.20. The van der Waals surface area contributed by atoms with Gasteiger partial charge in [-0.3, -0.25) is 4.99 Å². The summed E-state index contributed by atoms with van der Waals surface area (Å²) in [5, 5.41) is 4.08. The van der Waals surface area contributed by atoms with Crippen LogP contribution in [0.3, 0.4) is 0 Å². The quantitative estimate of drug-likeness (QED) is 0.167. The molecule has 6 rings (SSSR count). The van der Waals surface area contributed by atoms with Crippen molar-refractivity contribution in [3.8, 4) is 28.7 Å². The van der Waals surface area contributed by atoms with Gasteiger partial charge in [0.05, 0.1) is 46.6 Å². The van der Waals surface area contributed by atoms with E-state index in [9.17, 15) is 17.6 Å². The fourth-order valence-corrected chi connectivity index (χ4v) is 5.35. The Morgan fingerprint density at radius 2 is 1.74 bits per heavy atom. The summed E-state index contributed by atoms with van der Waals surface area (Å²) in [5.74, 6) is -0.395. The van der Waals surface area contributed by atoms with Gasteiger partial charge in [-0.2, -0.15) is 0 Å². The van der Waals surface area contributed by atoms with Crippen LogP contribution in [0.25, 0.3) is 28.1 Å². The number of halogens is 4. The lowest BCUT2D eigenvalue weighted by molar-refractivity contribution is -0.274. The number of hydrogen-bond acceptors (Lipinski definition) is 6. The molecule has 1 aromatic heterocycles. The zero-order chi connectivity index (χ0) is 29.3. The minimum Gasteiger partial charge on any atom is -0.480 e. The third-order valence-corrected chi connectivity index (χ3v) is 7.21. The van der Waals surface area contributed by atoms with Crippen LogP contribution in [0.4, 0.5) is 28.9 Å². The highest BCUT2D eigenvalue weighted by atomic mass is 19.4. The summed E-state index contributed by atoms with van der Waals surface area (Å²) in [4.78, 5) is 14.2. The number of aromatic nitrogens is 3. The molecule has 1 saturated carbocycles. The van der Waals surface area contributed by atoms with Crippen molar-refractivity contribution >= 4 is 22.4 Å². The maximum Gasteiger partial charge on any atom is 0.573 e. The predicted octanol–water partition coefficient (Wildman–Crippen LogP) is 7.55. The van der Waals surface area contributed by atoms with Crippen LogP contribution in [0.2, 0.25) is 0 Å². The van der Waals surface area contributed by atoms with E-state index in [4.69, 9.17) is 14.7 Å². The largest absolute Gasteiger partial charge is 0.573 e. The molecule has 0 amide bonds. The molecule has 3 aliphatic rings. The lowest BCUT2D eigenvalue weighted by Gasteiger charge is -2.22. The van der Waals surface area contributed by atoms with Crippen molar-refractivity contribution < 1.29 is 27.0 Å². The Labute approximate surface area is 238 Å². The minimum atomic E-state index is -4.81. The van der Waals surface area contributed by atoms with Gasteiger partial charge >= 0.3 is 6.36 Å². The smallest absolute Gasteiger partial charge is 0.480 e. The Morgan fingerprint density at radius 1 is 0.952 bits per heavy atom. The summed E-state index contributed by atoms with van der Waals surface area (Å²) in [6.07, 6.45) is 2.16. The van der Waals surface area contributed by atoms with Crippen LogP contribution in [-0.2, 0) is 0 Å². The van der Waals surface area contributed by atoms with Crippen molar-refractivity contribution in [2.45, 2.75) is 44.5 Å². The Hall–Kier alpha value is -4.67. The van der Waals surface area contributed by atoms with E-state index in [-0.39, 0.29) is 11.8 Å². The van der Waals surface area contributed by atoms with E-state index in [0.29, 0.717) is 50.7 Å². The van der Waals surface area contributed by atoms with Gasteiger partial charge in [0.1, 0.15) is 17.3 Å². The van der Waals surface area contributed by atoms with E-state index in [1.54, 1.807) is 18.3 Å². The van der Waals surface area contributed by atoms with Gasteiger partial charge in [-0.25, -0.2) is 14.4 Å². The molecule has 0 atom stereocenters. The van der Waals surface area contributed by atoms with Gasteiger partial charge in [-0.1, -0.05) is 19.3 Å². The highest BCUT2D eigenvalue weighted by Gasteiger charge is 2.31. The molecule has 42 heavy (non-hydrogen) atoms. The van der Waals surface area contributed by atoms with Crippen molar-refractivity contribution in [3.05, 3.63) is 84.1 Å². The van der Waals surface area contributed by atoms with Crippen LogP contribution in [0.1, 0.15) is 32.1 Å². The molecule has 0 spiro atoms. The van der Waals surface area contributed by atoms with E-state index in [1.807, 2.05) is 22.8 Å². The Bertz CT molecular complexity index is 1760. The van der Waals surface area contributed by atoms with Gasteiger partial charge in [0.25, 0.3) is 0 Å². The molecule has 0 radical (unpaired) electrons. The third-order valence-electron chi connectivity index (χ3n) is 7.21. The molecule has 216 valence electrons. The average Bonchev–Trinajstić information content (AvgIpc) is 2.97. The first-order valence-electron chi connectivity index (χ1n) is 13.6. The van der Waals surface area contributed by atoms with Gasteiger partial charge in [-0.15, -0.1) is 13.2 Å². The number of methoxy groups -OCH3 is 1. The molecule has 1 aliphatic heterocycles. The number of hydrogen-bond donors (Lipinski definition) is 1. The van der Waals surface area contributed by atoms with Gasteiger partial charge in [0.15, 0.2) is 0 Å². The van der Waals surface area contributed by atoms with Gasteiger partial charge in [0, 0.05) is 18.0 Å². The molecular formula is C31H27F4N5O2. The fraction of sp³-hybridized carbons (Fsp3) is 0.258. The summed E-state index contributed by atoms with van der Waals surface area (Å²) in [5.41, 5.74) is 3.98. The van der Waals surface area contributed by atoms with Crippen LogP contribution < -0.4 is 20.1 Å². The van der Waals surface area contributed by atoms with Crippen LogP contribution in [0.15, 0.2) is 77.9 Å². The second kappa shape index (κ2) is 11.3. The van der Waals surface area contributed by atoms with Crippen molar-refractivity contribution in [3.63, 3.8) is 0 Å². The van der Waals surface area contributed by atoms with E-state index in [1.165, 1.54) is 49.9 Å². The number of benzene rings is 3. The second-order valence-corrected chi connectivity index (χ2v) is 10.1. The molecule has 1 N–H and O–H groups in total. The van der Waals surface area contributed by atoms with Crippen molar-refractivity contribution in [2.24, 2.45) is 4.99 Å². The van der Waals surface area contributed by atoms with E-state index in [2.05, 4.69) is 15.0 Å². The Morgan fingerprint density at radius 3 is 2.48 bits per heavy atom. The predicted molar refractivity (Wildman–Crippen MR) is 151 cm³/mol. The molecular weight excluding hydrogens is 550 g/mol. The number of alkyl halides is 3. The van der Waals surface area contributed by atoms with Crippen LogP contribution in [0.5, 0.6) is 11.6 Å². The summed E-state index contributed by atoms with van der Waals surface area (Å²) in [6, 6.07) is 17.3. The van der Waals surface area contributed by atoms with Crippen LogP contribution in [-0.4, -0.2) is 34.0 Å². The Kier molecular flexibility index (Phi) is 7.40. The SMILES string of the molecule is COc1ncccc1Nc1cc2nc3cc(F)ccc3n(-c3ccc(OC(F)(F)F)cc3)c-2c/c1=N\C1CCCCC1. The molecule has 11 heteroatoms. The topological polar surface area (TPSA) is 73.6 Å². The number of nitrogens with zero attached hydrogens (tertiary/aromatic N) is 4. The molecule has 2 aromatic carbocycles. The zero-order valence-corrected chi connectivity index (χ0v) is 22.7. The number of anilines is 2. The first-order chi connectivity index (χ1) is 20.3. The monoisotopic (exact) mass is 577 g/mol. The number of pyridine rings is 1. The highest BCUT2D eigenvalue weighted by Crippen LogP contribution is 2.33. The first kappa shape index (κ1) is 27.5. The maximum atomic E-state index is 14.3. The number of nitrogens with one attached hydrogen (secondary N) is 1. The zero-order valence-electron chi connectivity index (χ0n) is 22.7. The third kappa shape index (κ3) is 5.86. The molecule has 2 aliphatic carbocycles. The minimum absolute atomic E-state index is 0.141. The fourth-order valence-electron chi connectivity index (χ4n) is 5.35. The maximum absolute atomic E-state index is 14.3. The molecule has 0 unspecified atom stereocenters. The van der Waals surface area contributed by atoms with Crippen LogP contribution in [0, 0.1) is 5.82 Å². The van der Waals surface area contributed by atoms with Crippen molar-refractivity contribution in [1.82, 2.24) is 14.5 Å². The van der Waals surface area contributed by atoms with E-state index < -0.39 is 12.2 Å². The molecule has 2 heterocycles. The van der Waals surface area contributed by atoms with E-state index in [0.717, 1.165) is 25.7 Å². The average molecular weight is 578 g/mol. The Balaban J connectivity index is 1.58. The molecule has 3 aromatic rings. The normalized spacial score (nSPS) is 14.8. The summed E-state index contributed by atoms with van der Waals surface area (Å²) >= 11 is 0.